The molecule has 20 heavy (non-hydrogen) atoms. The first kappa shape index (κ1) is 15.8. The van der Waals surface area contributed by atoms with E-state index >= 15 is 0 Å². The van der Waals surface area contributed by atoms with E-state index in [1.54, 1.807) is 0 Å². The zero-order chi connectivity index (χ0) is 14.6. The molecular weight excluding hydrogens is 252 g/mol. The lowest BCUT2D eigenvalue weighted by Crippen LogP contribution is -2.54. The second-order valence-electron chi connectivity index (χ2n) is 6.99. The van der Waals surface area contributed by atoms with Gasteiger partial charge in [0.1, 0.15) is 0 Å². The highest BCUT2D eigenvalue weighted by atomic mass is 16.5. The molecule has 2 rings (SSSR count). The van der Waals surface area contributed by atoms with Crippen LogP contribution in [0.3, 0.4) is 0 Å². The maximum absolute atomic E-state index is 13.0. The van der Waals surface area contributed by atoms with Crippen LogP contribution in [-0.2, 0) is 9.53 Å². The van der Waals surface area contributed by atoms with Crippen molar-refractivity contribution < 1.29 is 9.53 Å². The summed E-state index contributed by atoms with van der Waals surface area (Å²) in [6.07, 6.45) is 6.32. The fraction of sp³-hybridized carbons (Fsp3) is 0.938. The Hall–Kier alpha value is -0.610. The van der Waals surface area contributed by atoms with Crippen molar-refractivity contribution in [2.24, 2.45) is 16.6 Å². The first-order chi connectivity index (χ1) is 9.55. The van der Waals surface area contributed by atoms with Crippen LogP contribution in [0.2, 0.25) is 0 Å². The van der Waals surface area contributed by atoms with Crippen molar-refractivity contribution >= 4 is 5.91 Å². The SMILES string of the molecule is CCCC1(C)CCCN(C(=O)C2(CN)CCOCC2)C1. The molecule has 2 aliphatic rings. The molecule has 2 aliphatic heterocycles. The summed E-state index contributed by atoms with van der Waals surface area (Å²) in [5.74, 6) is 0.283. The fourth-order valence-corrected chi connectivity index (χ4v) is 3.90. The van der Waals surface area contributed by atoms with E-state index in [1.165, 1.54) is 19.3 Å². The van der Waals surface area contributed by atoms with Crippen LogP contribution in [0.4, 0.5) is 0 Å². The van der Waals surface area contributed by atoms with Gasteiger partial charge < -0.3 is 15.4 Å². The number of hydrogen-bond acceptors (Lipinski definition) is 3. The fourth-order valence-electron chi connectivity index (χ4n) is 3.90. The summed E-state index contributed by atoms with van der Waals surface area (Å²) in [7, 11) is 0. The summed E-state index contributed by atoms with van der Waals surface area (Å²) in [6, 6.07) is 0. The van der Waals surface area contributed by atoms with Crippen molar-refractivity contribution in [1.82, 2.24) is 4.90 Å². The van der Waals surface area contributed by atoms with Gasteiger partial charge in [-0.05, 0) is 37.5 Å². The number of hydrogen-bond donors (Lipinski definition) is 1. The Morgan fingerprint density at radius 2 is 2.00 bits per heavy atom. The molecule has 2 fully saturated rings. The maximum atomic E-state index is 13.0. The lowest BCUT2D eigenvalue weighted by atomic mass is 9.75. The monoisotopic (exact) mass is 282 g/mol. The summed E-state index contributed by atoms with van der Waals surface area (Å²) in [6.45, 7) is 8.16. The molecule has 0 aromatic heterocycles. The number of piperidine rings is 1. The average Bonchev–Trinajstić information content (AvgIpc) is 2.47. The Kier molecular flexibility index (Phi) is 5.08. The minimum absolute atomic E-state index is 0.283. The van der Waals surface area contributed by atoms with Gasteiger partial charge in [0, 0.05) is 32.8 Å². The van der Waals surface area contributed by atoms with Gasteiger partial charge in [0.15, 0.2) is 0 Å². The lowest BCUT2D eigenvalue weighted by molar-refractivity contribution is -0.150. The van der Waals surface area contributed by atoms with E-state index in [2.05, 4.69) is 18.7 Å². The Bertz CT molecular complexity index is 335. The van der Waals surface area contributed by atoms with Gasteiger partial charge in [-0.2, -0.15) is 0 Å². The number of carbonyl (C=O) groups is 1. The molecule has 0 aromatic carbocycles. The third-order valence-electron chi connectivity index (χ3n) is 5.22. The van der Waals surface area contributed by atoms with Crippen LogP contribution in [0.15, 0.2) is 0 Å². The average molecular weight is 282 g/mol. The quantitative estimate of drug-likeness (QED) is 0.860. The summed E-state index contributed by atoms with van der Waals surface area (Å²) in [5.41, 5.74) is 5.91. The molecular formula is C16H30N2O2. The van der Waals surface area contributed by atoms with Gasteiger partial charge in [0.2, 0.25) is 5.91 Å². The maximum Gasteiger partial charge on any atom is 0.230 e. The number of nitrogens with two attached hydrogens (primary N) is 1. The van der Waals surface area contributed by atoms with Crippen LogP contribution < -0.4 is 5.73 Å². The smallest absolute Gasteiger partial charge is 0.230 e. The van der Waals surface area contributed by atoms with Crippen LogP contribution in [-0.4, -0.2) is 43.7 Å². The van der Waals surface area contributed by atoms with Crippen LogP contribution in [0, 0.1) is 10.8 Å². The summed E-state index contributed by atoms with van der Waals surface area (Å²) < 4.78 is 5.42. The number of likely N-dealkylation sites (tertiary alicyclic amines) is 1. The zero-order valence-electron chi connectivity index (χ0n) is 13.1. The highest BCUT2D eigenvalue weighted by molar-refractivity contribution is 5.83. The van der Waals surface area contributed by atoms with Crippen molar-refractivity contribution in [3.05, 3.63) is 0 Å². The van der Waals surface area contributed by atoms with Gasteiger partial charge in [0.05, 0.1) is 5.41 Å². The summed E-state index contributed by atoms with van der Waals surface area (Å²) >= 11 is 0. The minimum Gasteiger partial charge on any atom is -0.381 e. The Labute approximate surface area is 123 Å². The van der Waals surface area contributed by atoms with Crippen molar-refractivity contribution in [1.29, 1.82) is 0 Å². The molecule has 2 saturated heterocycles. The number of nitrogens with zero attached hydrogens (tertiary/aromatic N) is 1. The molecule has 0 aliphatic carbocycles. The molecule has 0 radical (unpaired) electrons. The van der Waals surface area contributed by atoms with E-state index in [0.29, 0.717) is 25.2 Å². The first-order valence-electron chi connectivity index (χ1n) is 8.12. The third-order valence-corrected chi connectivity index (χ3v) is 5.22. The number of carbonyl (C=O) groups excluding carboxylic acids is 1. The minimum atomic E-state index is -0.358. The predicted octanol–water partition coefficient (Wildman–Crippen LogP) is 2.17. The van der Waals surface area contributed by atoms with Crippen molar-refractivity contribution in [2.45, 2.75) is 52.4 Å². The van der Waals surface area contributed by atoms with Gasteiger partial charge in [-0.25, -0.2) is 0 Å². The molecule has 4 heteroatoms. The topological polar surface area (TPSA) is 55.6 Å². The molecule has 0 spiro atoms. The second-order valence-corrected chi connectivity index (χ2v) is 6.99. The van der Waals surface area contributed by atoms with Gasteiger partial charge in [-0.15, -0.1) is 0 Å². The van der Waals surface area contributed by atoms with Crippen LogP contribution in [0.1, 0.15) is 52.4 Å². The Balaban J connectivity index is 2.07. The first-order valence-corrected chi connectivity index (χ1v) is 8.12. The van der Waals surface area contributed by atoms with Gasteiger partial charge in [-0.1, -0.05) is 20.3 Å². The molecule has 116 valence electrons. The largest absolute Gasteiger partial charge is 0.381 e. The standard InChI is InChI=1S/C16H30N2O2/c1-3-5-15(2)6-4-9-18(13-15)14(19)16(12-17)7-10-20-11-8-16/h3-13,17H2,1-2H3. The zero-order valence-corrected chi connectivity index (χ0v) is 13.1. The highest BCUT2D eigenvalue weighted by Crippen LogP contribution is 2.38. The van der Waals surface area contributed by atoms with Crippen LogP contribution >= 0.6 is 0 Å². The molecule has 0 aromatic rings. The van der Waals surface area contributed by atoms with Crippen molar-refractivity contribution in [3.63, 3.8) is 0 Å². The predicted molar refractivity (Wildman–Crippen MR) is 80.4 cm³/mol. The second kappa shape index (κ2) is 6.44. The van der Waals surface area contributed by atoms with E-state index < -0.39 is 0 Å². The van der Waals surface area contributed by atoms with Crippen molar-refractivity contribution in [2.75, 3.05) is 32.8 Å². The van der Waals surface area contributed by atoms with E-state index in [9.17, 15) is 4.79 Å². The molecule has 2 heterocycles. The normalized spacial score (nSPS) is 30.2. The van der Waals surface area contributed by atoms with Crippen LogP contribution in [0.25, 0.3) is 0 Å². The van der Waals surface area contributed by atoms with Gasteiger partial charge >= 0.3 is 0 Å². The van der Waals surface area contributed by atoms with Crippen molar-refractivity contribution in [3.8, 4) is 0 Å². The summed E-state index contributed by atoms with van der Waals surface area (Å²) in [5, 5.41) is 0. The molecule has 0 saturated carbocycles. The highest BCUT2D eigenvalue weighted by Gasteiger charge is 2.43. The molecule has 2 N–H and O–H groups in total. The Morgan fingerprint density at radius 3 is 2.60 bits per heavy atom. The van der Waals surface area contributed by atoms with E-state index in [4.69, 9.17) is 10.5 Å². The van der Waals surface area contributed by atoms with E-state index in [-0.39, 0.29) is 11.3 Å². The molecule has 1 unspecified atom stereocenters. The van der Waals surface area contributed by atoms with Gasteiger partial charge in [0.25, 0.3) is 0 Å². The van der Waals surface area contributed by atoms with E-state index in [1.807, 2.05) is 0 Å². The lowest BCUT2D eigenvalue weighted by Gasteiger charge is -2.45. The number of ether oxygens (including phenoxy) is 1. The molecule has 1 atom stereocenters. The Morgan fingerprint density at radius 1 is 1.30 bits per heavy atom. The number of rotatable bonds is 4. The molecule has 1 amide bonds. The summed E-state index contributed by atoms with van der Waals surface area (Å²) in [4.78, 5) is 15.1. The number of amides is 1. The van der Waals surface area contributed by atoms with E-state index in [0.717, 1.165) is 32.4 Å². The van der Waals surface area contributed by atoms with Crippen LogP contribution in [0.5, 0.6) is 0 Å². The molecule has 0 bridgehead atoms. The van der Waals surface area contributed by atoms with Gasteiger partial charge in [-0.3, -0.25) is 4.79 Å². The third kappa shape index (κ3) is 3.17. The molecule has 4 nitrogen and oxygen atoms in total.